The predicted molar refractivity (Wildman–Crippen MR) is 61.6 cm³/mol. The average Bonchev–Trinajstić information content (AvgIpc) is 2.75. The van der Waals surface area contributed by atoms with Gasteiger partial charge in [-0.05, 0) is 31.2 Å². The zero-order chi connectivity index (χ0) is 11.3. The second-order valence-corrected chi connectivity index (χ2v) is 4.67. The molecule has 0 aromatic carbocycles. The summed E-state index contributed by atoms with van der Waals surface area (Å²) in [5, 5.41) is 12.5. The van der Waals surface area contributed by atoms with Gasteiger partial charge in [0.1, 0.15) is 6.23 Å². The molecule has 15 heavy (non-hydrogen) atoms. The van der Waals surface area contributed by atoms with E-state index in [2.05, 4.69) is 26.1 Å². The molecule has 3 unspecified atom stereocenters. The smallest absolute Gasteiger partial charge is 0.104 e. The lowest BCUT2D eigenvalue weighted by Gasteiger charge is -2.11. The van der Waals surface area contributed by atoms with Crippen LogP contribution in [0.4, 0.5) is 0 Å². The van der Waals surface area contributed by atoms with Crippen LogP contribution in [-0.2, 0) is 4.74 Å². The zero-order valence-electron chi connectivity index (χ0n) is 10.2. The first kappa shape index (κ1) is 12.9. The number of ether oxygens (including phenoxy) is 1. The van der Waals surface area contributed by atoms with Crippen LogP contribution < -0.4 is 5.32 Å². The standard InChI is InChI=1S/C12H25NO2/c1-4-6-11(14)13-7-5-8-15-12-9(2)10(12)3/h9-14H,4-8H2,1-3H3. The van der Waals surface area contributed by atoms with Crippen molar-refractivity contribution in [3.63, 3.8) is 0 Å². The van der Waals surface area contributed by atoms with Crippen LogP contribution >= 0.6 is 0 Å². The molecule has 0 aromatic heterocycles. The second-order valence-electron chi connectivity index (χ2n) is 4.67. The lowest BCUT2D eigenvalue weighted by molar-refractivity contribution is 0.0909. The maximum Gasteiger partial charge on any atom is 0.104 e. The van der Waals surface area contributed by atoms with Crippen molar-refractivity contribution in [2.24, 2.45) is 11.8 Å². The monoisotopic (exact) mass is 215 g/mol. The maximum absolute atomic E-state index is 9.40. The molecule has 0 spiro atoms. The Morgan fingerprint density at radius 3 is 2.53 bits per heavy atom. The topological polar surface area (TPSA) is 41.5 Å². The third-order valence-electron chi connectivity index (χ3n) is 3.30. The SMILES string of the molecule is CCCC(O)NCCCOC1C(C)C1C. The highest BCUT2D eigenvalue weighted by molar-refractivity contribution is 4.92. The van der Waals surface area contributed by atoms with Gasteiger partial charge >= 0.3 is 0 Å². The normalized spacial score (nSPS) is 31.6. The van der Waals surface area contributed by atoms with Crippen LogP contribution in [-0.4, -0.2) is 30.6 Å². The Bertz CT molecular complexity index is 167. The van der Waals surface area contributed by atoms with Gasteiger partial charge < -0.3 is 9.84 Å². The van der Waals surface area contributed by atoms with Crippen molar-refractivity contribution >= 4 is 0 Å². The van der Waals surface area contributed by atoms with Crippen LogP contribution in [0.3, 0.4) is 0 Å². The molecule has 0 aromatic rings. The summed E-state index contributed by atoms with van der Waals surface area (Å²) in [7, 11) is 0. The summed E-state index contributed by atoms with van der Waals surface area (Å²) in [6.07, 6.45) is 2.98. The van der Waals surface area contributed by atoms with E-state index in [1.54, 1.807) is 0 Å². The fourth-order valence-corrected chi connectivity index (χ4v) is 1.86. The summed E-state index contributed by atoms with van der Waals surface area (Å²) in [6, 6.07) is 0. The van der Waals surface area contributed by atoms with Crippen molar-refractivity contribution in [2.75, 3.05) is 13.2 Å². The summed E-state index contributed by atoms with van der Waals surface area (Å²) in [4.78, 5) is 0. The van der Waals surface area contributed by atoms with Gasteiger partial charge in [0.05, 0.1) is 6.10 Å². The van der Waals surface area contributed by atoms with Gasteiger partial charge in [-0.2, -0.15) is 0 Å². The Hall–Kier alpha value is -0.120. The summed E-state index contributed by atoms with van der Waals surface area (Å²) >= 11 is 0. The highest BCUT2D eigenvalue weighted by Gasteiger charge is 2.43. The Kier molecular flexibility index (Phi) is 5.58. The van der Waals surface area contributed by atoms with Gasteiger partial charge in [-0.15, -0.1) is 0 Å². The Labute approximate surface area is 93.2 Å². The molecule has 3 atom stereocenters. The lowest BCUT2D eigenvalue weighted by atomic mass is 10.3. The van der Waals surface area contributed by atoms with E-state index < -0.39 is 0 Å². The Morgan fingerprint density at radius 1 is 1.33 bits per heavy atom. The van der Waals surface area contributed by atoms with E-state index in [0.29, 0.717) is 6.10 Å². The highest BCUT2D eigenvalue weighted by Crippen LogP contribution is 2.40. The van der Waals surface area contributed by atoms with Crippen LogP contribution in [0.2, 0.25) is 0 Å². The van der Waals surface area contributed by atoms with E-state index in [4.69, 9.17) is 4.74 Å². The minimum absolute atomic E-state index is 0.339. The van der Waals surface area contributed by atoms with Crippen molar-refractivity contribution in [1.29, 1.82) is 0 Å². The number of hydrogen-bond acceptors (Lipinski definition) is 3. The number of hydrogen-bond donors (Lipinski definition) is 2. The van der Waals surface area contributed by atoms with E-state index >= 15 is 0 Å². The van der Waals surface area contributed by atoms with E-state index in [0.717, 1.165) is 44.2 Å². The molecule has 0 heterocycles. The molecule has 1 aliphatic carbocycles. The van der Waals surface area contributed by atoms with Gasteiger partial charge in [0.15, 0.2) is 0 Å². The summed E-state index contributed by atoms with van der Waals surface area (Å²) in [5.41, 5.74) is 0. The third kappa shape index (κ3) is 4.49. The first-order chi connectivity index (χ1) is 7.16. The third-order valence-corrected chi connectivity index (χ3v) is 3.30. The van der Waals surface area contributed by atoms with Gasteiger partial charge in [-0.25, -0.2) is 0 Å². The minimum Gasteiger partial charge on any atom is -0.379 e. The molecule has 0 bridgehead atoms. The molecule has 0 amide bonds. The van der Waals surface area contributed by atoms with E-state index in [1.807, 2.05) is 0 Å². The quantitative estimate of drug-likeness (QED) is 0.479. The fraction of sp³-hybridized carbons (Fsp3) is 1.00. The number of aliphatic hydroxyl groups excluding tert-OH is 1. The van der Waals surface area contributed by atoms with Crippen molar-refractivity contribution in [3.05, 3.63) is 0 Å². The van der Waals surface area contributed by atoms with Crippen LogP contribution in [0.25, 0.3) is 0 Å². The fourth-order valence-electron chi connectivity index (χ4n) is 1.86. The van der Waals surface area contributed by atoms with Gasteiger partial charge in [0, 0.05) is 6.61 Å². The van der Waals surface area contributed by atoms with Crippen LogP contribution in [0.1, 0.15) is 40.0 Å². The molecule has 1 aliphatic rings. The second kappa shape index (κ2) is 6.46. The molecule has 0 aliphatic heterocycles. The number of rotatable bonds is 8. The average molecular weight is 215 g/mol. The summed E-state index contributed by atoms with van der Waals surface area (Å²) in [6.45, 7) is 8.20. The first-order valence-corrected chi connectivity index (χ1v) is 6.19. The molecule has 0 saturated heterocycles. The molecule has 3 nitrogen and oxygen atoms in total. The Morgan fingerprint density at radius 2 is 2.00 bits per heavy atom. The van der Waals surface area contributed by atoms with Gasteiger partial charge in [-0.3, -0.25) is 5.32 Å². The molecule has 0 radical (unpaired) electrons. The van der Waals surface area contributed by atoms with Crippen molar-refractivity contribution in [1.82, 2.24) is 5.32 Å². The molecule has 1 rings (SSSR count). The maximum atomic E-state index is 9.40. The van der Waals surface area contributed by atoms with Gasteiger partial charge in [-0.1, -0.05) is 27.2 Å². The molecule has 3 heteroatoms. The van der Waals surface area contributed by atoms with E-state index in [9.17, 15) is 5.11 Å². The van der Waals surface area contributed by atoms with Crippen molar-refractivity contribution in [3.8, 4) is 0 Å². The summed E-state index contributed by atoms with van der Waals surface area (Å²) < 4.78 is 5.70. The first-order valence-electron chi connectivity index (χ1n) is 6.19. The van der Waals surface area contributed by atoms with Crippen LogP contribution in [0.15, 0.2) is 0 Å². The Balaban J connectivity index is 1.85. The number of aliphatic hydroxyl groups is 1. The van der Waals surface area contributed by atoms with Crippen LogP contribution in [0, 0.1) is 11.8 Å². The summed E-state index contributed by atoms with van der Waals surface area (Å²) in [5.74, 6) is 1.48. The molecule has 2 N–H and O–H groups in total. The molecular formula is C12H25NO2. The van der Waals surface area contributed by atoms with Gasteiger partial charge in [0.25, 0.3) is 0 Å². The number of nitrogens with one attached hydrogen (secondary N) is 1. The van der Waals surface area contributed by atoms with Crippen molar-refractivity contribution in [2.45, 2.75) is 52.4 Å². The molecule has 1 fully saturated rings. The minimum atomic E-state index is -0.339. The van der Waals surface area contributed by atoms with Crippen LogP contribution in [0.5, 0.6) is 0 Å². The van der Waals surface area contributed by atoms with Crippen molar-refractivity contribution < 1.29 is 9.84 Å². The van der Waals surface area contributed by atoms with E-state index in [1.165, 1.54) is 0 Å². The van der Waals surface area contributed by atoms with Gasteiger partial charge in [0.2, 0.25) is 0 Å². The molecule has 90 valence electrons. The van der Waals surface area contributed by atoms with E-state index in [-0.39, 0.29) is 6.23 Å². The predicted octanol–water partition coefficient (Wildman–Crippen LogP) is 1.76. The highest BCUT2D eigenvalue weighted by atomic mass is 16.5. The molecule has 1 saturated carbocycles. The zero-order valence-corrected chi connectivity index (χ0v) is 10.2. The largest absolute Gasteiger partial charge is 0.379 e. The molecular weight excluding hydrogens is 190 g/mol. The lowest BCUT2D eigenvalue weighted by Crippen LogP contribution is -2.29.